The SMILES string of the molecule is CCNC1=CC=CCC=C1/C(=C/C=C/C(CCOC)OC(C)=O)c1ccc(F)cc1. The van der Waals surface area contributed by atoms with E-state index < -0.39 is 0 Å². The van der Waals surface area contributed by atoms with Crippen molar-refractivity contribution in [1.82, 2.24) is 5.32 Å². The Kier molecular flexibility index (Phi) is 9.81. The Labute approximate surface area is 178 Å². The van der Waals surface area contributed by atoms with E-state index in [9.17, 15) is 9.18 Å². The Balaban J connectivity index is 2.41. The summed E-state index contributed by atoms with van der Waals surface area (Å²) in [6, 6.07) is 6.46. The fourth-order valence-corrected chi connectivity index (χ4v) is 3.12. The fraction of sp³-hybridized carbons (Fsp3) is 0.320. The predicted octanol–water partition coefficient (Wildman–Crippen LogP) is 5.11. The van der Waals surface area contributed by atoms with Crippen LogP contribution in [0, 0.1) is 5.82 Å². The zero-order valence-corrected chi connectivity index (χ0v) is 17.9. The molecule has 0 amide bonds. The zero-order chi connectivity index (χ0) is 21.8. The number of halogens is 1. The van der Waals surface area contributed by atoms with Crippen LogP contribution < -0.4 is 5.32 Å². The smallest absolute Gasteiger partial charge is 0.303 e. The van der Waals surface area contributed by atoms with Gasteiger partial charge in [0.2, 0.25) is 0 Å². The second-order valence-corrected chi connectivity index (χ2v) is 6.79. The maximum Gasteiger partial charge on any atom is 0.303 e. The van der Waals surface area contributed by atoms with E-state index in [1.165, 1.54) is 19.1 Å². The van der Waals surface area contributed by atoms with E-state index in [1.54, 1.807) is 19.2 Å². The third-order valence-electron chi connectivity index (χ3n) is 4.47. The lowest BCUT2D eigenvalue weighted by Crippen LogP contribution is -2.16. The Bertz CT molecular complexity index is 848. The summed E-state index contributed by atoms with van der Waals surface area (Å²) in [7, 11) is 1.61. The number of rotatable bonds is 10. The molecule has 0 fully saturated rings. The largest absolute Gasteiger partial charge is 0.458 e. The van der Waals surface area contributed by atoms with Crippen LogP contribution >= 0.6 is 0 Å². The molecule has 5 heteroatoms. The van der Waals surface area contributed by atoms with Gasteiger partial charge in [-0.1, -0.05) is 42.5 Å². The second kappa shape index (κ2) is 12.6. The first kappa shape index (κ1) is 23.4. The van der Waals surface area contributed by atoms with Gasteiger partial charge >= 0.3 is 5.97 Å². The minimum absolute atomic E-state index is 0.276. The number of carbonyl (C=O) groups excluding carboxylic acids is 1. The van der Waals surface area contributed by atoms with E-state index >= 15 is 0 Å². The van der Waals surface area contributed by atoms with Crippen LogP contribution in [0.3, 0.4) is 0 Å². The number of methoxy groups -OCH3 is 1. The molecule has 0 saturated heterocycles. The molecule has 0 radical (unpaired) electrons. The summed E-state index contributed by atoms with van der Waals surface area (Å²) in [5.41, 5.74) is 3.90. The highest BCUT2D eigenvalue weighted by Crippen LogP contribution is 2.30. The lowest BCUT2D eigenvalue weighted by molar-refractivity contribution is -0.144. The summed E-state index contributed by atoms with van der Waals surface area (Å²) in [6.45, 7) is 4.72. The molecule has 1 aliphatic rings. The number of esters is 1. The molecule has 1 aromatic rings. The molecule has 1 N–H and O–H groups in total. The number of hydrogen-bond acceptors (Lipinski definition) is 4. The maximum absolute atomic E-state index is 13.5. The molecule has 0 saturated carbocycles. The number of allylic oxidation sites excluding steroid dienone is 7. The average molecular weight is 412 g/mol. The molecule has 30 heavy (non-hydrogen) atoms. The summed E-state index contributed by atoms with van der Waals surface area (Å²) < 4.78 is 24.0. The van der Waals surface area contributed by atoms with Crippen LogP contribution in [-0.4, -0.2) is 32.3 Å². The molecule has 1 unspecified atom stereocenters. The van der Waals surface area contributed by atoms with Crippen molar-refractivity contribution in [2.45, 2.75) is 32.8 Å². The molecule has 0 heterocycles. The van der Waals surface area contributed by atoms with Crippen LogP contribution in [0.2, 0.25) is 0 Å². The van der Waals surface area contributed by atoms with Crippen LogP contribution in [0.25, 0.3) is 5.57 Å². The van der Waals surface area contributed by atoms with Gasteiger partial charge in [0.25, 0.3) is 0 Å². The Morgan fingerprint density at radius 3 is 2.73 bits per heavy atom. The number of hydrogen-bond donors (Lipinski definition) is 1. The van der Waals surface area contributed by atoms with Crippen molar-refractivity contribution < 1.29 is 18.7 Å². The van der Waals surface area contributed by atoms with Crippen LogP contribution in [0.15, 0.2) is 78.1 Å². The number of likely N-dealkylation sites (N-methyl/N-ethyl adjacent to an activating group) is 1. The maximum atomic E-state index is 13.5. The highest BCUT2D eigenvalue weighted by molar-refractivity contribution is 5.84. The van der Waals surface area contributed by atoms with Crippen molar-refractivity contribution in [3.05, 3.63) is 89.4 Å². The number of benzene rings is 1. The van der Waals surface area contributed by atoms with Gasteiger partial charge in [-0.15, -0.1) is 0 Å². The summed E-state index contributed by atoms with van der Waals surface area (Å²) in [5.74, 6) is -0.611. The number of ether oxygens (including phenoxy) is 2. The normalized spacial score (nSPS) is 15.4. The number of carbonyl (C=O) groups is 1. The van der Waals surface area contributed by atoms with Crippen molar-refractivity contribution in [2.24, 2.45) is 0 Å². The molecule has 1 atom stereocenters. The van der Waals surface area contributed by atoms with Crippen LogP contribution in [0.5, 0.6) is 0 Å². The fourth-order valence-electron chi connectivity index (χ4n) is 3.12. The molecule has 0 bridgehead atoms. The van der Waals surface area contributed by atoms with Gasteiger partial charge in [-0.25, -0.2) is 4.39 Å². The van der Waals surface area contributed by atoms with Gasteiger partial charge in [0.15, 0.2) is 0 Å². The molecule has 1 aliphatic carbocycles. The molecule has 2 rings (SSSR count). The third kappa shape index (κ3) is 7.48. The van der Waals surface area contributed by atoms with Crippen molar-refractivity contribution in [3.8, 4) is 0 Å². The highest BCUT2D eigenvalue weighted by atomic mass is 19.1. The second-order valence-electron chi connectivity index (χ2n) is 6.79. The Morgan fingerprint density at radius 2 is 2.07 bits per heavy atom. The molecule has 1 aromatic carbocycles. The quantitative estimate of drug-likeness (QED) is 0.429. The monoisotopic (exact) mass is 411 g/mol. The molecule has 0 aliphatic heterocycles. The molecular weight excluding hydrogens is 381 g/mol. The van der Waals surface area contributed by atoms with Gasteiger partial charge in [0.05, 0.1) is 6.61 Å². The van der Waals surface area contributed by atoms with Gasteiger partial charge in [-0.2, -0.15) is 0 Å². The van der Waals surface area contributed by atoms with Gasteiger partial charge in [0, 0.05) is 38.3 Å². The summed E-state index contributed by atoms with van der Waals surface area (Å²) in [5, 5.41) is 3.41. The summed E-state index contributed by atoms with van der Waals surface area (Å²) >= 11 is 0. The lowest BCUT2D eigenvalue weighted by Gasteiger charge is -2.17. The van der Waals surface area contributed by atoms with E-state index in [2.05, 4.69) is 17.5 Å². The molecule has 4 nitrogen and oxygen atoms in total. The first-order chi connectivity index (χ1) is 14.5. The van der Waals surface area contributed by atoms with E-state index in [0.29, 0.717) is 13.0 Å². The van der Waals surface area contributed by atoms with E-state index in [0.717, 1.165) is 35.4 Å². The lowest BCUT2D eigenvalue weighted by atomic mass is 9.94. The van der Waals surface area contributed by atoms with Crippen molar-refractivity contribution in [1.29, 1.82) is 0 Å². The van der Waals surface area contributed by atoms with E-state index in [4.69, 9.17) is 9.47 Å². The van der Waals surface area contributed by atoms with Crippen LogP contribution in [0.1, 0.15) is 32.3 Å². The first-order valence-electron chi connectivity index (χ1n) is 10.2. The minimum Gasteiger partial charge on any atom is -0.458 e. The van der Waals surface area contributed by atoms with Gasteiger partial charge in [-0.05, 0) is 48.8 Å². The summed E-state index contributed by atoms with van der Waals surface area (Å²) in [6.07, 6.45) is 15.0. The third-order valence-corrected chi connectivity index (χ3v) is 4.47. The van der Waals surface area contributed by atoms with Crippen molar-refractivity contribution >= 4 is 11.5 Å². The van der Waals surface area contributed by atoms with Crippen LogP contribution in [-0.2, 0) is 14.3 Å². The van der Waals surface area contributed by atoms with Crippen LogP contribution in [0.4, 0.5) is 4.39 Å². The first-order valence-corrected chi connectivity index (χ1v) is 10.2. The Hall–Kier alpha value is -2.92. The summed E-state index contributed by atoms with van der Waals surface area (Å²) in [4.78, 5) is 11.4. The minimum atomic E-state index is -0.373. The van der Waals surface area contributed by atoms with E-state index in [1.807, 2.05) is 37.3 Å². The predicted molar refractivity (Wildman–Crippen MR) is 119 cm³/mol. The highest BCUT2D eigenvalue weighted by Gasteiger charge is 2.13. The van der Waals surface area contributed by atoms with Crippen molar-refractivity contribution in [2.75, 3.05) is 20.3 Å². The average Bonchev–Trinajstić information content (AvgIpc) is 2.95. The van der Waals surface area contributed by atoms with Crippen molar-refractivity contribution in [3.63, 3.8) is 0 Å². The topological polar surface area (TPSA) is 47.6 Å². The molecule has 160 valence electrons. The van der Waals surface area contributed by atoms with Gasteiger partial charge < -0.3 is 14.8 Å². The standard InChI is InChI=1S/C25H30FNO3/c1-4-27-25-12-7-5-6-10-24(25)23(20-13-15-21(26)16-14-20)11-8-9-22(17-18-29-3)30-19(2)28/h5,7-16,22,27H,4,6,17-18H2,1-3H3/b9-8+,23-11+. The molecular formula is C25H30FNO3. The van der Waals surface area contributed by atoms with E-state index in [-0.39, 0.29) is 17.9 Å². The molecule has 0 spiro atoms. The Morgan fingerprint density at radius 1 is 1.30 bits per heavy atom. The number of nitrogens with one attached hydrogen (secondary N) is 1. The molecule has 0 aromatic heterocycles. The zero-order valence-electron chi connectivity index (χ0n) is 17.9. The van der Waals surface area contributed by atoms with Gasteiger partial charge in [-0.3, -0.25) is 4.79 Å². The van der Waals surface area contributed by atoms with Gasteiger partial charge in [0.1, 0.15) is 11.9 Å².